The Bertz CT molecular complexity index is 705. The fourth-order valence-corrected chi connectivity index (χ4v) is 2.48. The lowest BCUT2D eigenvalue weighted by molar-refractivity contribution is -0.146. The fourth-order valence-electron chi connectivity index (χ4n) is 2.48. The minimum atomic E-state index is -0.732. The van der Waals surface area contributed by atoms with Crippen molar-refractivity contribution in [2.45, 2.75) is 19.0 Å². The molecule has 22 heavy (non-hydrogen) atoms. The number of carbonyl (C=O) groups excluding carboxylic acids is 2. The highest BCUT2D eigenvalue weighted by Crippen LogP contribution is 2.25. The summed E-state index contributed by atoms with van der Waals surface area (Å²) >= 11 is 0. The number of hydrogen-bond acceptors (Lipinski definition) is 6. The Labute approximate surface area is 126 Å². The van der Waals surface area contributed by atoms with Crippen LogP contribution in [0.2, 0.25) is 0 Å². The highest BCUT2D eigenvalue weighted by atomic mass is 16.6. The number of methoxy groups -OCH3 is 2. The van der Waals surface area contributed by atoms with Gasteiger partial charge in [0.05, 0.1) is 38.5 Å². The summed E-state index contributed by atoms with van der Waals surface area (Å²) in [4.78, 5) is 33.2. The van der Waals surface area contributed by atoms with Crippen molar-refractivity contribution in [2.75, 3.05) is 14.2 Å². The molecule has 0 spiro atoms. The predicted octanol–water partition coefficient (Wildman–Crippen LogP) is 0.751. The van der Waals surface area contributed by atoms with Crippen molar-refractivity contribution in [1.82, 2.24) is 14.9 Å². The van der Waals surface area contributed by atoms with Crippen LogP contribution in [0.1, 0.15) is 21.9 Å². The molecule has 2 aromatic rings. The fraction of sp³-hybridized carbons (Fsp3) is 0.357. The molecule has 0 aromatic carbocycles. The molecular formula is C14H15N3O5. The summed E-state index contributed by atoms with van der Waals surface area (Å²) < 4.78 is 15.0. The van der Waals surface area contributed by atoms with Crippen LogP contribution in [0.4, 0.5) is 0 Å². The second kappa shape index (κ2) is 5.55. The van der Waals surface area contributed by atoms with Gasteiger partial charge in [0.2, 0.25) is 0 Å². The number of amides is 1. The van der Waals surface area contributed by atoms with Crippen molar-refractivity contribution < 1.29 is 23.5 Å². The molecule has 0 saturated carbocycles. The van der Waals surface area contributed by atoms with Gasteiger partial charge in [-0.25, -0.2) is 9.78 Å². The van der Waals surface area contributed by atoms with E-state index in [1.54, 1.807) is 12.4 Å². The van der Waals surface area contributed by atoms with Crippen molar-refractivity contribution in [2.24, 2.45) is 0 Å². The van der Waals surface area contributed by atoms with Crippen molar-refractivity contribution in [3.8, 4) is 5.95 Å². The highest BCUT2D eigenvalue weighted by molar-refractivity contribution is 5.95. The first-order chi connectivity index (χ1) is 10.6. The maximum atomic E-state index is 12.6. The summed E-state index contributed by atoms with van der Waals surface area (Å²) in [6.45, 7) is 0.233. The van der Waals surface area contributed by atoms with Gasteiger partial charge in [0.1, 0.15) is 6.04 Å². The number of furan rings is 1. The third kappa shape index (κ3) is 2.32. The molecular weight excluding hydrogens is 290 g/mol. The Hall–Kier alpha value is -2.77. The van der Waals surface area contributed by atoms with E-state index in [0.29, 0.717) is 6.42 Å². The molecule has 0 radical (unpaired) electrons. The van der Waals surface area contributed by atoms with E-state index < -0.39 is 17.9 Å². The molecule has 8 heteroatoms. The molecule has 1 aliphatic rings. The second-order valence-corrected chi connectivity index (χ2v) is 4.83. The van der Waals surface area contributed by atoms with Gasteiger partial charge in [0, 0.05) is 12.5 Å². The smallest absolute Gasteiger partial charge is 0.329 e. The molecule has 0 aliphatic carbocycles. The third-order valence-corrected chi connectivity index (χ3v) is 3.63. The van der Waals surface area contributed by atoms with Crippen LogP contribution in [0.15, 0.2) is 22.9 Å². The zero-order valence-corrected chi connectivity index (χ0v) is 12.2. The molecule has 3 rings (SSSR count). The lowest BCUT2D eigenvalue weighted by Gasteiger charge is -2.32. The summed E-state index contributed by atoms with van der Waals surface area (Å²) in [5, 5.41) is 0. The number of aromatic amines is 1. The largest absolute Gasteiger partial charge is 0.468 e. The molecule has 1 unspecified atom stereocenters. The van der Waals surface area contributed by atoms with Gasteiger partial charge in [-0.1, -0.05) is 0 Å². The molecule has 1 atom stereocenters. The maximum Gasteiger partial charge on any atom is 0.329 e. The second-order valence-electron chi connectivity index (χ2n) is 4.83. The van der Waals surface area contributed by atoms with Crippen molar-refractivity contribution in [3.05, 3.63) is 35.6 Å². The zero-order valence-electron chi connectivity index (χ0n) is 12.2. The lowest BCUT2D eigenvalue weighted by atomic mass is 10.0. The van der Waals surface area contributed by atoms with Crippen LogP contribution in [0.5, 0.6) is 5.95 Å². The topological polar surface area (TPSA) is 97.7 Å². The number of aromatic nitrogens is 2. The Morgan fingerprint density at radius 3 is 2.91 bits per heavy atom. The van der Waals surface area contributed by atoms with Gasteiger partial charge < -0.3 is 23.8 Å². The van der Waals surface area contributed by atoms with Gasteiger partial charge >= 0.3 is 5.97 Å². The summed E-state index contributed by atoms with van der Waals surface area (Å²) in [6, 6.07) is 2.33. The van der Waals surface area contributed by atoms with Gasteiger partial charge in [-0.2, -0.15) is 0 Å². The molecule has 1 N–H and O–H groups in total. The summed E-state index contributed by atoms with van der Waals surface area (Å²) in [7, 11) is 2.74. The Morgan fingerprint density at radius 2 is 2.23 bits per heavy atom. The van der Waals surface area contributed by atoms with Crippen LogP contribution in [0.3, 0.4) is 0 Å². The third-order valence-electron chi connectivity index (χ3n) is 3.63. The van der Waals surface area contributed by atoms with Crippen LogP contribution in [-0.4, -0.2) is 47.0 Å². The van der Waals surface area contributed by atoms with Gasteiger partial charge in [0.15, 0.2) is 5.76 Å². The van der Waals surface area contributed by atoms with Crippen LogP contribution in [-0.2, 0) is 22.5 Å². The monoisotopic (exact) mass is 305 g/mol. The number of ether oxygens (including phenoxy) is 2. The summed E-state index contributed by atoms with van der Waals surface area (Å²) in [6.07, 6.45) is 1.85. The number of imidazole rings is 1. The van der Waals surface area contributed by atoms with Crippen molar-refractivity contribution in [1.29, 1.82) is 0 Å². The Morgan fingerprint density at radius 1 is 1.41 bits per heavy atom. The SMILES string of the molecule is COC(=O)C1Cc2nc[nH]c2CN1C(=O)c1ccc(OC)o1. The average Bonchev–Trinajstić information content (AvgIpc) is 3.20. The number of fused-ring (bicyclic) bond motifs is 1. The maximum absolute atomic E-state index is 12.6. The summed E-state index contributed by atoms with van der Waals surface area (Å²) in [5.74, 6) is -0.551. The highest BCUT2D eigenvalue weighted by Gasteiger charge is 2.38. The van der Waals surface area contributed by atoms with Gasteiger partial charge in [-0.3, -0.25) is 4.79 Å². The molecule has 0 saturated heterocycles. The van der Waals surface area contributed by atoms with E-state index in [4.69, 9.17) is 13.9 Å². The van der Waals surface area contributed by atoms with E-state index in [9.17, 15) is 9.59 Å². The van der Waals surface area contributed by atoms with Crippen molar-refractivity contribution >= 4 is 11.9 Å². The minimum absolute atomic E-state index is 0.105. The van der Waals surface area contributed by atoms with Gasteiger partial charge in [-0.05, 0) is 6.07 Å². The molecule has 1 amide bonds. The number of rotatable bonds is 3. The quantitative estimate of drug-likeness (QED) is 0.840. The number of nitrogens with one attached hydrogen (secondary N) is 1. The average molecular weight is 305 g/mol. The van der Waals surface area contributed by atoms with E-state index in [1.807, 2.05) is 0 Å². The minimum Gasteiger partial charge on any atom is -0.468 e. The Kier molecular flexibility index (Phi) is 3.58. The lowest BCUT2D eigenvalue weighted by Crippen LogP contribution is -2.49. The zero-order chi connectivity index (χ0) is 15.7. The summed E-state index contributed by atoms with van der Waals surface area (Å²) in [5.41, 5.74) is 1.56. The number of hydrogen-bond donors (Lipinski definition) is 1. The number of esters is 1. The van der Waals surface area contributed by atoms with Crippen LogP contribution < -0.4 is 4.74 Å². The molecule has 116 valence electrons. The normalized spacial score (nSPS) is 17.0. The molecule has 3 heterocycles. The number of nitrogens with zero attached hydrogens (tertiary/aromatic N) is 2. The van der Waals surface area contributed by atoms with Crippen LogP contribution in [0, 0.1) is 0 Å². The molecule has 8 nitrogen and oxygen atoms in total. The van der Waals surface area contributed by atoms with E-state index in [-0.39, 0.29) is 18.3 Å². The molecule has 2 aromatic heterocycles. The van der Waals surface area contributed by atoms with Crippen LogP contribution >= 0.6 is 0 Å². The standard InChI is InChI=1S/C14H15N3O5/c1-20-12-4-3-11(22-12)13(18)17-6-9-8(15-7-16-9)5-10(17)14(19)21-2/h3-4,7,10H,5-6H2,1-2H3,(H,15,16). The van der Waals surface area contributed by atoms with E-state index in [2.05, 4.69) is 9.97 Å². The first-order valence-corrected chi connectivity index (χ1v) is 6.67. The first-order valence-electron chi connectivity index (χ1n) is 6.67. The van der Waals surface area contributed by atoms with E-state index >= 15 is 0 Å². The van der Waals surface area contributed by atoms with E-state index in [1.165, 1.54) is 25.2 Å². The molecule has 0 bridgehead atoms. The number of carbonyl (C=O) groups is 2. The van der Waals surface area contributed by atoms with Gasteiger partial charge in [-0.15, -0.1) is 0 Å². The van der Waals surface area contributed by atoms with E-state index in [0.717, 1.165) is 11.4 Å². The number of H-pyrrole nitrogens is 1. The molecule has 1 aliphatic heterocycles. The molecule has 0 fully saturated rings. The van der Waals surface area contributed by atoms with Gasteiger partial charge in [0.25, 0.3) is 11.9 Å². The predicted molar refractivity (Wildman–Crippen MR) is 73.2 cm³/mol. The Balaban J connectivity index is 1.91. The first kappa shape index (κ1) is 14.2. The van der Waals surface area contributed by atoms with Crippen molar-refractivity contribution in [3.63, 3.8) is 0 Å². The van der Waals surface area contributed by atoms with Crippen LogP contribution in [0.25, 0.3) is 0 Å².